The quantitative estimate of drug-likeness (QED) is 0.382. The number of carbonyl (C=O) groups is 1. The molecule has 0 saturated carbocycles. The van der Waals surface area contributed by atoms with Gasteiger partial charge in [-0.25, -0.2) is 8.42 Å². The molecule has 1 amide bonds. The summed E-state index contributed by atoms with van der Waals surface area (Å²) in [7, 11) is -3.29. The molecule has 2 unspecified atom stereocenters. The van der Waals surface area contributed by atoms with Gasteiger partial charge in [-0.2, -0.15) is 0 Å². The van der Waals surface area contributed by atoms with Crippen LogP contribution in [0, 0.1) is 13.8 Å². The molecule has 1 aromatic heterocycles. The van der Waals surface area contributed by atoms with Crippen molar-refractivity contribution in [1.82, 2.24) is 4.90 Å². The van der Waals surface area contributed by atoms with Crippen LogP contribution in [0.15, 0.2) is 39.5 Å². The van der Waals surface area contributed by atoms with Crippen molar-refractivity contribution in [2.75, 3.05) is 24.7 Å². The number of benzene rings is 2. The van der Waals surface area contributed by atoms with Gasteiger partial charge in [0.1, 0.15) is 5.58 Å². The van der Waals surface area contributed by atoms with Crippen molar-refractivity contribution in [1.29, 1.82) is 0 Å². The largest absolute Gasteiger partial charge is 0.490 e. The van der Waals surface area contributed by atoms with Crippen molar-refractivity contribution in [3.63, 3.8) is 0 Å². The van der Waals surface area contributed by atoms with Crippen LogP contribution in [-0.2, 0) is 9.84 Å². The van der Waals surface area contributed by atoms with Gasteiger partial charge in [-0.1, -0.05) is 19.4 Å². The van der Waals surface area contributed by atoms with Gasteiger partial charge in [0, 0.05) is 6.04 Å². The minimum absolute atomic E-state index is 0.000649. The monoisotopic (exact) mass is 539 g/mol. The Morgan fingerprint density at radius 2 is 1.79 bits per heavy atom. The van der Waals surface area contributed by atoms with E-state index in [-0.39, 0.29) is 28.3 Å². The summed E-state index contributed by atoms with van der Waals surface area (Å²) < 4.78 is 42.7. The van der Waals surface area contributed by atoms with Crippen molar-refractivity contribution in [3.8, 4) is 11.5 Å². The van der Waals surface area contributed by atoms with E-state index in [4.69, 9.17) is 13.9 Å². The summed E-state index contributed by atoms with van der Waals surface area (Å²) in [6, 6.07) is 7.59. The van der Waals surface area contributed by atoms with Crippen molar-refractivity contribution in [2.24, 2.45) is 0 Å². The molecule has 9 heteroatoms. The van der Waals surface area contributed by atoms with Gasteiger partial charge in [0.05, 0.1) is 41.7 Å². The lowest BCUT2D eigenvalue weighted by Crippen LogP contribution is -2.40. The summed E-state index contributed by atoms with van der Waals surface area (Å²) in [5.74, 6) is 0.455. The lowest BCUT2D eigenvalue weighted by Gasteiger charge is -2.30. The fourth-order valence-electron chi connectivity index (χ4n) is 5.35. The number of hydrogen-bond acceptors (Lipinski definition) is 7. The second kappa shape index (κ2) is 10.1. The van der Waals surface area contributed by atoms with Crippen molar-refractivity contribution >= 4 is 26.7 Å². The fourth-order valence-corrected chi connectivity index (χ4v) is 7.06. The first-order valence-corrected chi connectivity index (χ1v) is 15.0. The molecular formula is C29H33NO7S. The Labute approximate surface area is 222 Å². The molecule has 0 aliphatic carbocycles. The minimum atomic E-state index is -3.29. The van der Waals surface area contributed by atoms with E-state index in [2.05, 4.69) is 6.92 Å². The summed E-state index contributed by atoms with van der Waals surface area (Å²) in [6.07, 6.45) is 2.20. The molecule has 2 aromatic carbocycles. The summed E-state index contributed by atoms with van der Waals surface area (Å²) in [6.45, 7) is 8.75. The van der Waals surface area contributed by atoms with Crippen LogP contribution in [0.25, 0.3) is 11.0 Å². The van der Waals surface area contributed by atoms with Gasteiger partial charge in [0.2, 0.25) is 5.76 Å². The molecule has 0 bridgehead atoms. The van der Waals surface area contributed by atoms with Gasteiger partial charge in [-0.05, 0) is 74.6 Å². The Morgan fingerprint density at radius 1 is 1.03 bits per heavy atom. The van der Waals surface area contributed by atoms with E-state index in [0.717, 1.165) is 24.0 Å². The third kappa shape index (κ3) is 4.57. The maximum absolute atomic E-state index is 13.9. The van der Waals surface area contributed by atoms with Gasteiger partial charge >= 0.3 is 0 Å². The number of hydrogen-bond donors (Lipinski definition) is 0. The van der Waals surface area contributed by atoms with Crippen LogP contribution < -0.4 is 14.9 Å². The molecule has 0 N–H and O–H groups in total. The van der Waals surface area contributed by atoms with Crippen LogP contribution in [0.2, 0.25) is 0 Å². The molecule has 1 fully saturated rings. The third-order valence-electron chi connectivity index (χ3n) is 7.46. The third-order valence-corrected chi connectivity index (χ3v) is 9.21. The van der Waals surface area contributed by atoms with Crippen molar-refractivity contribution < 1.29 is 27.1 Å². The lowest BCUT2D eigenvalue weighted by molar-refractivity contribution is 0.0662. The minimum Gasteiger partial charge on any atom is -0.490 e. The number of aryl methyl sites for hydroxylation is 2. The average Bonchev–Trinajstić information content (AvgIpc) is 3.38. The molecule has 3 heterocycles. The Balaban J connectivity index is 1.70. The number of rotatable bonds is 8. The molecule has 2 aliphatic rings. The highest BCUT2D eigenvalue weighted by Gasteiger charge is 2.48. The number of unbranched alkanes of at least 4 members (excludes halogenated alkanes) is 1. The molecule has 5 rings (SSSR count). The van der Waals surface area contributed by atoms with Crippen molar-refractivity contribution in [2.45, 2.75) is 59.0 Å². The SMILES string of the molecule is CCCCOc1ccc(C2c3c(oc4cc(C)c(C)cc4c3=O)C(=O)N2C2CCS(=O)(=O)C2)cc1OCC. The number of ether oxygens (including phenoxy) is 2. The van der Waals surface area contributed by atoms with E-state index in [1.807, 2.05) is 26.8 Å². The second-order valence-electron chi connectivity index (χ2n) is 10.1. The molecule has 8 nitrogen and oxygen atoms in total. The Kier molecular flexibility index (Phi) is 6.98. The zero-order chi connectivity index (χ0) is 27.2. The van der Waals surface area contributed by atoms with Crippen molar-refractivity contribution in [3.05, 3.63) is 68.6 Å². The fraction of sp³-hybridized carbons (Fsp3) is 0.448. The van der Waals surface area contributed by atoms with E-state index < -0.39 is 27.8 Å². The standard InChI is InChI=1S/C29H33NO7S/c1-5-7-11-36-22-9-8-19(15-24(22)35-6-2)26-25-27(31)21-13-17(3)18(4)14-23(21)37-28(25)29(32)30(26)20-10-12-38(33,34)16-20/h8-9,13-15,20,26H,5-7,10-12,16H2,1-4H3. The van der Waals surface area contributed by atoms with Crippen LogP contribution in [0.1, 0.15) is 72.0 Å². The molecule has 202 valence electrons. The van der Waals surface area contributed by atoms with Crippen LogP contribution >= 0.6 is 0 Å². The van der Waals surface area contributed by atoms with E-state index >= 15 is 0 Å². The normalized spacial score (nSPS) is 20.2. The summed E-state index contributed by atoms with van der Waals surface area (Å²) >= 11 is 0. The molecule has 38 heavy (non-hydrogen) atoms. The summed E-state index contributed by atoms with van der Waals surface area (Å²) in [4.78, 5) is 29.3. The van der Waals surface area contributed by atoms with E-state index in [1.54, 1.807) is 24.3 Å². The Bertz CT molecular complexity index is 1570. The maximum Gasteiger partial charge on any atom is 0.291 e. The first kappa shape index (κ1) is 26.3. The number of sulfone groups is 1. The van der Waals surface area contributed by atoms with Gasteiger partial charge in [0.25, 0.3) is 5.91 Å². The molecule has 2 aliphatic heterocycles. The molecule has 3 aromatic rings. The maximum atomic E-state index is 13.9. The van der Waals surface area contributed by atoms with Gasteiger partial charge in [0.15, 0.2) is 26.8 Å². The predicted molar refractivity (Wildman–Crippen MR) is 145 cm³/mol. The second-order valence-corrected chi connectivity index (χ2v) is 12.3. The van der Waals surface area contributed by atoms with Gasteiger partial charge < -0.3 is 18.8 Å². The zero-order valence-electron chi connectivity index (χ0n) is 22.2. The number of carbonyl (C=O) groups excluding carboxylic acids is 1. The average molecular weight is 540 g/mol. The highest BCUT2D eigenvalue weighted by atomic mass is 32.2. The number of fused-ring (bicyclic) bond motifs is 2. The Morgan fingerprint density at radius 3 is 2.47 bits per heavy atom. The van der Waals surface area contributed by atoms with Crippen LogP contribution in [0.3, 0.4) is 0 Å². The highest BCUT2D eigenvalue weighted by Crippen LogP contribution is 2.43. The predicted octanol–water partition coefficient (Wildman–Crippen LogP) is 4.72. The van der Waals surface area contributed by atoms with Crippen LogP contribution in [-0.4, -0.2) is 50.0 Å². The molecule has 0 spiro atoms. The topological polar surface area (TPSA) is 103 Å². The summed E-state index contributed by atoms with van der Waals surface area (Å²) in [5.41, 5.74) is 2.82. The smallest absolute Gasteiger partial charge is 0.291 e. The van der Waals surface area contributed by atoms with Gasteiger partial charge in [-0.3, -0.25) is 9.59 Å². The van der Waals surface area contributed by atoms with E-state index in [0.29, 0.717) is 47.7 Å². The molecule has 1 saturated heterocycles. The zero-order valence-corrected chi connectivity index (χ0v) is 23.0. The molecule has 2 atom stereocenters. The van der Waals surface area contributed by atoms with E-state index in [1.165, 1.54) is 4.90 Å². The van der Waals surface area contributed by atoms with E-state index in [9.17, 15) is 18.0 Å². The van der Waals surface area contributed by atoms with Gasteiger partial charge in [-0.15, -0.1) is 0 Å². The number of nitrogens with zero attached hydrogens (tertiary/aromatic N) is 1. The number of amides is 1. The Hall–Kier alpha value is -3.33. The summed E-state index contributed by atoms with van der Waals surface area (Å²) in [5, 5.41) is 0.398. The van der Waals surface area contributed by atoms with Crippen LogP contribution in [0.5, 0.6) is 11.5 Å². The first-order chi connectivity index (χ1) is 18.1. The first-order valence-electron chi connectivity index (χ1n) is 13.2. The lowest BCUT2D eigenvalue weighted by atomic mass is 9.96. The molecular weight excluding hydrogens is 506 g/mol. The molecule has 0 radical (unpaired) electrons. The highest BCUT2D eigenvalue weighted by molar-refractivity contribution is 7.91. The van der Waals surface area contributed by atoms with Crippen LogP contribution in [0.4, 0.5) is 0 Å².